The van der Waals surface area contributed by atoms with Gasteiger partial charge in [0.25, 0.3) is 0 Å². The zero-order valence-electron chi connectivity index (χ0n) is 13.1. The molecule has 0 aromatic carbocycles. The van der Waals surface area contributed by atoms with E-state index in [9.17, 15) is 13.2 Å². The lowest BCUT2D eigenvalue weighted by atomic mass is 9.92. The summed E-state index contributed by atoms with van der Waals surface area (Å²) in [5, 5.41) is 4.83. The number of alkyl halides is 3. The molecule has 0 aliphatic heterocycles. The fourth-order valence-corrected chi connectivity index (χ4v) is 3.75. The van der Waals surface area contributed by atoms with Crippen molar-refractivity contribution in [1.82, 2.24) is 19.7 Å². The first kappa shape index (κ1) is 16.9. The molecular formula is C14H17F3N6S. The van der Waals surface area contributed by atoms with E-state index in [0.717, 1.165) is 12.8 Å². The van der Waals surface area contributed by atoms with Gasteiger partial charge in [-0.3, -0.25) is 4.68 Å². The van der Waals surface area contributed by atoms with Crippen LogP contribution >= 0.6 is 11.8 Å². The summed E-state index contributed by atoms with van der Waals surface area (Å²) in [4.78, 5) is 7.23. The van der Waals surface area contributed by atoms with Crippen LogP contribution in [0.1, 0.15) is 30.1 Å². The highest BCUT2D eigenvalue weighted by atomic mass is 32.2. The highest BCUT2D eigenvalue weighted by molar-refractivity contribution is 7.99. The van der Waals surface area contributed by atoms with Crippen molar-refractivity contribution in [2.75, 3.05) is 17.7 Å². The molecule has 2 aromatic rings. The number of aromatic nitrogens is 4. The molecular weight excluding hydrogens is 341 g/mol. The van der Waals surface area contributed by atoms with E-state index in [1.54, 1.807) is 23.4 Å². The van der Waals surface area contributed by atoms with E-state index in [2.05, 4.69) is 15.1 Å². The molecule has 24 heavy (non-hydrogen) atoms. The van der Waals surface area contributed by atoms with Crippen LogP contribution in [0.3, 0.4) is 0 Å². The summed E-state index contributed by atoms with van der Waals surface area (Å²) in [5.41, 5.74) is 10.4. The molecule has 1 aliphatic rings. The zero-order valence-corrected chi connectivity index (χ0v) is 13.9. The van der Waals surface area contributed by atoms with Gasteiger partial charge < -0.3 is 11.5 Å². The Morgan fingerprint density at radius 3 is 2.50 bits per heavy atom. The van der Waals surface area contributed by atoms with Crippen LogP contribution in [0.25, 0.3) is 11.3 Å². The summed E-state index contributed by atoms with van der Waals surface area (Å²) < 4.78 is 41.9. The molecule has 0 spiro atoms. The first-order valence-electron chi connectivity index (χ1n) is 7.29. The SMILES string of the molecule is CSC1CC(n2ncc(-c3nc(N)nc(N)c3C(F)(F)F)c2C)C1. The molecule has 0 amide bonds. The molecule has 1 saturated carbocycles. The number of anilines is 2. The third-order valence-electron chi connectivity index (χ3n) is 4.29. The normalized spacial score (nSPS) is 20.9. The van der Waals surface area contributed by atoms with Crippen LogP contribution in [0, 0.1) is 6.92 Å². The summed E-state index contributed by atoms with van der Waals surface area (Å²) in [7, 11) is 0. The molecule has 3 rings (SSSR count). The van der Waals surface area contributed by atoms with Crippen molar-refractivity contribution in [2.24, 2.45) is 0 Å². The van der Waals surface area contributed by atoms with Crippen molar-refractivity contribution in [2.45, 2.75) is 37.2 Å². The van der Waals surface area contributed by atoms with E-state index in [-0.39, 0.29) is 23.2 Å². The molecule has 0 bridgehead atoms. The van der Waals surface area contributed by atoms with E-state index in [1.807, 2.05) is 6.26 Å². The molecule has 0 unspecified atom stereocenters. The smallest absolute Gasteiger partial charge is 0.383 e. The van der Waals surface area contributed by atoms with Crippen LogP contribution in [0.4, 0.5) is 24.9 Å². The molecule has 0 radical (unpaired) electrons. The number of halogens is 3. The second kappa shape index (κ2) is 5.83. The molecule has 1 aliphatic carbocycles. The lowest BCUT2D eigenvalue weighted by Gasteiger charge is -2.35. The number of hydrogen-bond acceptors (Lipinski definition) is 6. The second-order valence-corrected chi connectivity index (χ2v) is 6.90. The third-order valence-corrected chi connectivity index (χ3v) is 5.34. The highest BCUT2D eigenvalue weighted by Gasteiger charge is 2.39. The Morgan fingerprint density at radius 2 is 1.92 bits per heavy atom. The van der Waals surface area contributed by atoms with E-state index in [0.29, 0.717) is 10.9 Å². The number of nitrogens with two attached hydrogens (primary N) is 2. The maximum atomic E-state index is 13.4. The molecule has 0 saturated heterocycles. The number of thioether (sulfide) groups is 1. The summed E-state index contributed by atoms with van der Waals surface area (Å²) in [6.07, 6.45) is 0.650. The topological polar surface area (TPSA) is 95.6 Å². The van der Waals surface area contributed by atoms with E-state index in [4.69, 9.17) is 11.5 Å². The molecule has 10 heteroatoms. The fourth-order valence-electron chi connectivity index (χ4n) is 2.92. The van der Waals surface area contributed by atoms with Gasteiger partial charge >= 0.3 is 6.18 Å². The molecule has 6 nitrogen and oxygen atoms in total. The molecule has 1 fully saturated rings. The van der Waals surface area contributed by atoms with Crippen molar-refractivity contribution in [3.05, 3.63) is 17.5 Å². The van der Waals surface area contributed by atoms with E-state index >= 15 is 0 Å². The molecule has 2 aromatic heterocycles. The Labute approximate surface area is 140 Å². The standard InChI is InChI=1S/C14H17F3N6S/c1-6-9(5-20-23(6)7-3-8(4-7)24-2)11-10(14(15,16)17)12(18)22-13(19)21-11/h5,7-8H,3-4H2,1-2H3,(H4,18,19,21,22). The predicted octanol–water partition coefficient (Wildman–Crippen LogP) is 2.90. The van der Waals surface area contributed by atoms with Crippen molar-refractivity contribution in [3.63, 3.8) is 0 Å². The lowest BCUT2D eigenvalue weighted by molar-refractivity contribution is -0.136. The van der Waals surface area contributed by atoms with Gasteiger partial charge in [0.05, 0.1) is 17.9 Å². The van der Waals surface area contributed by atoms with E-state index in [1.165, 1.54) is 6.20 Å². The Bertz CT molecular complexity index is 767. The third kappa shape index (κ3) is 2.79. The Balaban J connectivity index is 2.06. The van der Waals surface area contributed by atoms with E-state index < -0.39 is 17.6 Å². The molecule has 2 heterocycles. The van der Waals surface area contributed by atoms with Crippen LogP contribution in [-0.2, 0) is 6.18 Å². The monoisotopic (exact) mass is 358 g/mol. The van der Waals surface area contributed by atoms with Crippen LogP contribution in [0.5, 0.6) is 0 Å². The van der Waals surface area contributed by atoms with Gasteiger partial charge in [-0.25, -0.2) is 4.98 Å². The van der Waals surface area contributed by atoms with Gasteiger partial charge in [-0.05, 0) is 26.0 Å². The Hall–Kier alpha value is -1.97. The number of nitrogens with zero attached hydrogens (tertiary/aromatic N) is 4. The summed E-state index contributed by atoms with van der Waals surface area (Å²) in [6, 6.07) is 0.196. The van der Waals surface area contributed by atoms with Crippen LogP contribution < -0.4 is 11.5 Å². The second-order valence-electron chi connectivity index (χ2n) is 5.76. The van der Waals surface area contributed by atoms with Gasteiger partial charge in [-0.15, -0.1) is 0 Å². The van der Waals surface area contributed by atoms with Gasteiger partial charge in [-0.1, -0.05) is 0 Å². The molecule has 130 valence electrons. The maximum Gasteiger partial charge on any atom is 0.422 e. The minimum Gasteiger partial charge on any atom is -0.383 e. The van der Waals surface area contributed by atoms with Crippen molar-refractivity contribution in [3.8, 4) is 11.3 Å². The van der Waals surface area contributed by atoms with Gasteiger partial charge in [-0.2, -0.15) is 35.0 Å². The maximum absolute atomic E-state index is 13.4. The summed E-state index contributed by atoms with van der Waals surface area (Å²) in [6.45, 7) is 1.73. The van der Waals surface area contributed by atoms with Crippen molar-refractivity contribution >= 4 is 23.5 Å². The highest BCUT2D eigenvalue weighted by Crippen LogP contribution is 2.43. The summed E-state index contributed by atoms with van der Waals surface area (Å²) in [5.74, 6) is -0.975. The summed E-state index contributed by atoms with van der Waals surface area (Å²) >= 11 is 1.79. The largest absolute Gasteiger partial charge is 0.422 e. The van der Waals surface area contributed by atoms with Gasteiger partial charge in [0.1, 0.15) is 11.4 Å². The first-order chi connectivity index (χ1) is 11.2. The predicted molar refractivity (Wildman–Crippen MR) is 87.4 cm³/mol. The Morgan fingerprint density at radius 1 is 1.25 bits per heavy atom. The number of nitrogen functional groups attached to an aromatic ring is 2. The average molecular weight is 358 g/mol. The van der Waals surface area contributed by atoms with Crippen LogP contribution in [-0.4, -0.2) is 31.3 Å². The molecule has 0 atom stereocenters. The minimum absolute atomic E-state index is 0.196. The van der Waals surface area contributed by atoms with Gasteiger partial charge in [0.15, 0.2) is 0 Å². The van der Waals surface area contributed by atoms with Crippen molar-refractivity contribution in [1.29, 1.82) is 0 Å². The number of rotatable bonds is 3. The average Bonchev–Trinajstić information content (AvgIpc) is 2.77. The lowest BCUT2D eigenvalue weighted by Crippen LogP contribution is -2.30. The minimum atomic E-state index is -4.68. The van der Waals surface area contributed by atoms with Gasteiger partial charge in [0.2, 0.25) is 5.95 Å². The quantitative estimate of drug-likeness (QED) is 0.876. The van der Waals surface area contributed by atoms with Gasteiger partial charge in [0, 0.05) is 16.5 Å². The van der Waals surface area contributed by atoms with Crippen molar-refractivity contribution < 1.29 is 13.2 Å². The van der Waals surface area contributed by atoms with Crippen LogP contribution in [0.15, 0.2) is 6.20 Å². The molecule has 4 N–H and O–H groups in total. The Kier molecular flexibility index (Phi) is 4.10. The zero-order chi connectivity index (χ0) is 17.6. The number of hydrogen-bond donors (Lipinski definition) is 2. The van der Waals surface area contributed by atoms with Crippen LogP contribution in [0.2, 0.25) is 0 Å². The first-order valence-corrected chi connectivity index (χ1v) is 8.58. The fraction of sp³-hybridized carbons (Fsp3) is 0.500.